The number of halogens is 4. The van der Waals surface area contributed by atoms with Gasteiger partial charge in [-0.3, -0.25) is 9.69 Å². The number of amides is 1. The summed E-state index contributed by atoms with van der Waals surface area (Å²) < 4.78 is 45.0. The van der Waals surface area contributed by atoms with Crippen LogP contribution in [0, 0.1) is 6.92 Å². The van der Waals surface area contributed by atoms with Crippen LogP contribution < -0.4 is 15.4 Å². The topological polar surface area (TPSA) is 53.6 Å². The van der Waals surface area contributed by atoms with Gasteiger partial charge in [0.15, 0.2) is 0 Å². The number of hydrogen-bond acceptors (Lipinski definition) is 4. The molecular formula is C16H23ClF3N3O2. The van der Waals surface area contributed by atoms with E-state index in [9.17, 15) is 18.0 Å². The highest BCUT2D eigenvalue weighted by Crippen LogP contribution is 2.25. The Labute approximate surface area is 151 Å². The van der Waals surface area contributed by atoms with Crippen LogP contribution in [0.1, 0.15) is 15.9 Å². The normalized spacial score (nSPS) is 16.7. The number of methoxy groups -OCH3 is 1. The van der Waals surface area contributed by atoms with Crippen LogP contribution >= 0.6 is 12.4 Å². The van der Waals surface area contributed by atoms with Gasteiger partial charge in [0, 0.05) is 38.3 Å². The largest absolute Gasteiger partial charge is 0.496 e. The lowest BCUT2D eigenvalue weighted by Gasteiger charge is -2.35. The maximum atomic E-state index is 13.3. The summed E-state index contributed by atoms with van der Waals surface area (Å²) in [7, 11) is 1.48. The smallest absolute Gasteiger partial charge is 0.405 e. The molecule has 0 bridgehead atoms. The van der Waals surface area contributed by atoms with E-state index < -0.39 is 24.7 Å². The molecule has 25 heavy (non-hydrogen) atoms. The monoisotopic (exact) mass is 381 g/mol. The van der Waals surface area contributed by atoms with Crippen molar-refractivity contribution in [2.45, 2.75) is 19.1 Å². The molecule has 1 amide bonds. The predicted molar refractivity (Wildman–Crippen MR) is 91.6 cm³/mol. The van der Waals surface area contributed by atoms with Gasteiger partial charge < -0.3 is 15.4 Å². The van der Waals surface area contributed by atoms with Crippen LogP contribution in [0.5, 0.6) is 5.75 Å². The van der Waals surface area contributed by atoms with Gasteiger partial charge in [-0.1, -0.05) is 6.07 Å². The first-order valence-electron chi connectivity index (χ1n) is 7.77. The number of nitrogens with one attached hydrogen (secondary N) is 2. The Morgan fingerprint density at radius 2 is 2.00 bits per heavy atom. The third-order valence-corrected chi connectivity index (χ3v) is 4.10. The summed E-state index contributed by atoms with van der Waals surface area (Å²) in [5, 5.41) is 5.42. The van der Waals surface area contributed by atoms with Gasteiger partial charge in [-0.05, 0) is 24.6 Å². The summed E-state index contributed by atoms with van der Waals surface area (Å²) in [6.45, 7) is 2.98. The number of benzene rings is 1. The number of alkyl halides is 3. The van der Waals surface area contributed by atoms with E-state index in [4.69, 9.17) is 4.74 Å². The molecule has 0 radical (unpaired) electrons. The van der Waals surface area contributed by atoms with Gasteiger partial charge in [0.1, 0.15) is 11.8 Å². The fourth-order valence-electron chi connectivity index (χ4n) is 2.70. The summed E-state index contributed by atoms with van der Waals surface area (Å²) in [5.41, 5.74) is 1.13. The summed E-state index contributed by atoms with van der Waals surface area (Å²) >= 11 is 0. The molecule has 2 N–H and O–H groups in total. The quantitative estimate of drug-likeness (QED) is 0.819. The van der Waals surface area contributed by atoms with Crippen LogP contribution in [0.25, 0.3) is 0 Å². The first-order chi connectivity index (χ1) is 11.3. The van der Waals surface area contributed by atoms with Gasteiger partial charge in [0.25, 0.3) is 5.91 Å². The number of nitrogens with zero attached hydrogens (tertiary/aromatic N) is 1. The summed E-state index contributed by atoms with van der Waals surface area (Å²) in [6, 6.07) is 3.11. The van der Waals surface area contributed by atoms with Crippen LogP contribution in [-0.2, 0) is 0 Å². The van der Waals surface area contributed by atoms with Crippen LogP contribution in [0.4, 0.5) is 13.2 Å². The number of aryl methyl sites for hydroxylation is 1. The molecule has 2 rings (SSSR count). The number of hydrogen-bond donors (Lipinski definition) is 2. The fourth-order valence-corrected chi connectivity index (χ4v) is 2.70. The first kappa shape index (κ1) is 21.5. The van der Waals surface area contributed by atoms with Crippen LogP contribution in [0.2, 0.25) is 0 Å². The Kier molecular flexibility index (Phi) is 7.98. The van der Waals surface area contributed by atoms with Gasteiger partial charge in [0.05, 0.1) is 7.11 Å². The molecule has 0 aromatic heterocycles. The van der Waals surface area contributed by atoms with Crippen LogP contribution in [0.15, 0.2) is 18.2 Å². The average molecular weight is 382 g/mol. The second kappa shape index (κ2) is 9.26. The highest BCUT2D eigenvalue weighted by molar-refractivity contribution is 5.94. The minimum atomic E-state index is -4.39. The SMILES string of the molecule is COc1cc(C(=O)NCC(N2CCNCC2)C(F)(F)F)ccc1C.Cl. The first-order valence-corrected chi connectivity index (χ1v) is 7.77. The standard InChI is InChI=1S/C16H22F3N3O2.ClH/c1-11-3-4-12(9-13(11)24-2)15(23)21-10-14(16(17,18)19)22-7-5-20-6-8-22;/h3-4,9,14,20H,5-8,10H2,1-2H3,(H,21,23);1H. The molecule has 0 spiro atoms. The summed E-state index contributed by atoms with van der Waals surface area (Å²) in [4.78, 5) is 13.5. The highest BCUT2D eigenvalue weighted by atomic mass is 35.5. The molecule has 1 unspecified atom stereocenters. The Balaban J connectivity index is 0.00000312. The lowest BCUT2D eigenvalue weighted by Crippen LogP contribution is -2.57. The molecule has 142 valence electrons. The molecular weight excluding hydrogens is 359 g/mol. The zero-order chi connectivity index (χ0) is 17.7. The number of carbonyl (C=O) groups excluding carboxylic acids is 1. The maximum absolute atomic E-state index is 13.3. The molecule has 0 aliphatic carbocycles. The lowest BCUT2D eigenvalue weighted by atomic mass is 10.1. The van der Waals surface area contributed by atoms with Crippen LogP contribution in [0.3, 0.4) is 0 Å². The Morgan fingerprint density at radius 1 is 1.36 bits per heavy atom. The van der Waals surface area contributed by atoms with Crippen molar-refractivity contribution in [2.75, 3.05) is 39.8 Å². The fraction of sp³-hybridized carbons (Fsp3) is 0.562. The van der Waals surface area contributed by atoms with E-state index in [2.05, 4.69) is 10.6 Å². The molecule has 1 aliphatic heterocycles. The third-order valence-electron chi connectivity index (χ3n) is 4.10. The molecule has 1 atom stereocenters. The van der Waals surface area contributed by atoms with E-state index in [1.165, 1.54) is 18.1 Å². The maximum Gasteiger partial charge on any atom is 0.405 e. The van der Waals surface area contributed by atoms with Crippen molar-refractivity contribution in [3.8, 4) is 5.75 Å². The molecule has 1 aliphatic rings. The van der Waals surface area contributed by atoms with E-state index >= 15 is 0 Å². The molecule has 1 saturated heterocycles. The van der Waals surface area contributed by atoms with E-state index in [-0.39, 0.29) is 18.0 Å². The van der Waals surface area contributed by atoms with E-state index in [0.717, 1.165) is 5.56 Å². The van der Waals surface area contributed by atoms with Crippen LogP contribution in [-0.4, -0.2) is 62.9 Å². The second-order valence-electron chi connectivity index (χ2n) is 5.74. The molecule has 5 nitrogen and oxygen atoms in total. The van der Waals surface area contributed by atoms with Crippen molar-refractivity contribution in [3.63, 3.8) is 0 Å². The third kappa shape index (κ3) is 5.76. The van der Waals surface area contributed by atoms with Gasteiger partial charge in [-0.2, -0.15) is 13.2 Å². The minimum Gasteiger partial charge on any atom is -0.496 e. The average Bonchev–Trinajstić information content (AvgIpc) is 2.55. The van der Waals surface area contributed by atoms with Crippen molar-refractivity contribution in [2.24, 2.45) is 0 Å². The lowest BCUT2D eigenvalue weighted by molar-refractivity contribution is -0.183. The van der Waals surface area contributed by atoms with E-state index in [1.807, 2.05) is 6.92 Å². The van der Waals surface area contributed by atoms with E-state index in [0.29, 0.717) is 31.9 Å². The number of piperazine rings is 1. The van der Waals surface area contributed by atoms with Gasteiger partial charge in [-0.15, -0.1) is 12.4 Å². The zero-order valence-corrected chi connectivity index (χ0v) is 15.0. The molecule has 0 saturated carbocycles. The van der Waals surface area contributed by atoms with Crippen molar-refractivity contribution in [1.82, 2.24) is 15.5 Å². The predicted octanol–water partition coefficient (Wildman–Crippen LogP) is 1.99. The number of carbonyl (C=O) groups is 1. The van der Waals surface area contributed by atoms with Gasteiger partial charge in [-0.25, -0.2) is 0 Å². The van der Waals surface area contributed by atoms with Crippen molar-refractivity contribution >= 4 is 18.3 Å². The second-order valence-corrected chi connectivity index (χ2v) is 5.74. The highest BCUT2D eigenvalue weighted by Gasteiger charge is 2.43. The van der Waals surface area contributed by atoms with Gasteiger partial charge >= 0.3 is 6.18 Å². The summed E-state index contributed by atoms with van der Waals surface area (Å²) in [6.07, 6.45) is -4.39. The summed E-state index contributed by atoms with van der Waals surface area (Å²) in [5.74, 6) is -0.0187. The molecule has 1 aromatic rings. The minimum absolute atomic E-state index is 0. The van der Waals surface area contributed by atoms with E-state index in [1.54, 1.807) is 12.1 Å². The van der Waals surface area contributed by atoms with Crippen molar-refractivity contribution in [3.05, 3.63) is 29.3 Å². The Hall–Kier alpha value is -1.51. The van der Waals surface area contributed by atoms with Gasteiger partial charge in [0.2, 0.25) is 0 Å². The number of rotatable bonds is 5. The molecule has 1 fully saturated rings. The Bertz CT molecular complexity index is 578. The zero-order valence-electron chi connectivity index (χ0n) is 14.2. The molecule has 1 aromatic carbocycles. The Morgan fingerprint density at radius 3 is 2.56 bits per heavy atom. The van der Waals surface area contributed by atoms with Crippen molar-refractivity contribution in [1.29, 1.82) is 0 Å². The number of ether oxygens (including phenoxy) is 1. The molecule has 9 heteroatoms. The molecule has 1 heterocycles. The van der Waals surface area contributed by atoms with Crippen molar-refractivity contribution < 1.29 is 22.7 Å².